The quantitative estimate of drug-likeness (QED) is 0.680. The second-order valence-corrected chi connectivity index (χ2v) is 7.57. The molecule has 140 valence electrons. The number of nitrogens with zero attached hydrogens (tertiary/aromatic N) is 3. The smallest absolute Gasteiger partial charge is 0.243 e. The molecule has 0 unspecified atom stereocenters. The number of aromatic nitrogens is 1. The highest BCUT2D eigenvalue weighted by atomic mass is 16.6. The average Bonchev–Trinajstić information content (AvgIpc) is 3.50. The standard InChI is InChI=1S/C23H21N3O2/c1-15(27)26-23(2,17-8-4-3-5-9-17)28-22(25-26)19-14-21(16-12-13-16)24-20-11-7-6-10-18(19)20/h3-11,14,16H,12-13H2,1-2H3/t23-/m0/s1. The van der Waals surface area contributed by atoms with Gasteiger partial charge in [-0.25, -0.2) is 0 Å². The van der Waals surface area contributed by atoms with Crippen molar-refractivity contribution in [2.45, 2.75) is 38.3 Å². The van der Waals surface area contributed by atoms with E-state index in [2.05, 4.69) is 11.2 Å². The second-order valence-electron chi connectivity index (χ2n) is 7.57. The molecule has 1 saturated carbocycles. The zero-order valence-corrected chi connectivity index (χ0v) is 15.9. The van der Waals surface area contributed by atoms with E-state index in [4.69, 9.17) is 9.72 Å². The molecule has 0 N–H and O–H groups in total. The SMILES string of the molecule is CC(=O)N1N=C(c2cc(C3CC3)nc3ccccc23)O[C@@]1(C)c1ccccc1. The Bertz CT molecular complexity index is 1110. The van der Waals surface area contributed by atoms with Gasteiger partial charge in [-0.2, -0.15) is 5.01 Å². The number of amides is 1. The Morgan fingerprint density at radius 1 is 1.11 bits per heavy atom. The number of para-hydroxylation sites is 1. The molecule has 28 heavy (non-hydrogen) atoms. The van der Waals surface area contributed by atoms with Gasteiger partial charge in [0.25, 0.3) is 0 Å². The first-order valence-electron chi connectivity index (χ1n) is 9.60. The molecule has 5 nitrogen and oxygen atoms in total. The summed E-state index contributed by atoms with van der Waals surface area (Å²) in [4.78, 5) is 17.2. The van der Waals surface area contributed by atoms with Gasteiger partial charge in [0.1, 0.15) is 0 Å². The van der Waals surface area contributed by atoms with Crippen LogP contribution in [0.5, 0.6) is 0 Å². The molecule has 0 spiro atoms. The van der Waals surface area contributed by atoms with Crippen LogP contribution < -0.4 is 0 Å². The third-order valence-electron chi connectivity index (χ3n) is 5.46. The lowest BCUT2D eigenvalue weighted by atomic mass is 10.0. The van der Waals surface area contributed by atoms with Crippen molar-refractivity contribution in [2.24, 2.45) is 5.10 Å². The topological polar surface area (TPSA) is 54.8 Å². The van der Waals surface area contributed by atoms with Crippen molar-refractivity contribution in [3.8, 4) is 0 Å². The third kappa shape index (κ3) is 2.66. The molecule has 1 atom stereocenters. The first-order valence-corrected chi connectivity index (χ1v) is 9.60. The lowest BCUT2D eigenvalue weighted by Crippen LogP contribution is -2.41. The van der Waals surface area contributed by atoms with Crippen LogP contribution in [0.1, 0.15) is 49.4 Å². The highest BCUT2D eigenvalue weighted by Gasteiger charge is 2.45. The van der Waals surface area contributed by atoms with Crippen LogP contribution in [-0.2, 0) is 15.3 Å². The summed E-state index contributed by atoms with van der Waals surface area (Å²) in [5, 5.41) is 7.02. The normalized spacial score (nSPS) is 21.5. The number of hydrogen-bond donors (Lipinski definition) is 0. The number of hydrazone groups is 1. The van der Waals surface area contributed by atoms with E-state index in [1.165, 1.54) is 24.8 Å². The molecule has 0 saturated heterocycles. The fraction of sp³-hybridized carbons (Fsp3) is 0.261. The molecular weight excluding hydrogens is 350 g/mol. The number of fused-ring (bicyclic) bond motifs is 1. The minimum atomic E-state index is -0.980. The summed E-state index contributed by atoms with van der Waals surface area (Å²) in [6.45, 7) is 3.39. The zero-order chi connectivity index (χ0) is 19.3. The molecule has 1 aliphatic heterocycles. The average molecular weight is 371 g/mol. The fourth-order valence-corrected chi connectivity index (χ4v) is 3.81. The summed E-state index contributed by atoms with van der Waals surface area (Å²) in [6, 6.07) is 19.8. The van der Waals surface area contributed by atoms with Gasteiger partial charge in [0.15, 0.2) is 0 Å². The molecule has 5 rings (SSSR count). The number of pyridine rings is 1. The lowest BCUT2D eigenvalue weighted by Gasteiger charge is -2.31. The Labute approximate surface area is 163 Å². The molecule has 1 aliphatic carbocycles. The van der Waals surface area contributed by atoms with E-state index >= 15 is 0 Å². The van der Waals surface area contributed by atoms with Gasteiger partial charge in [-0.1, -0.05) is 48.5 Å². The van der Waals surface area contributed by atoms with Crippen LogP contribution in [0, 0.1) is 0 Å². The number of carbonyl (C=O) groups excluding carboxylic acids is 1. The number of rotatable bonds is 3. The van der Waals surface area contributed by atoms with Crippen LogP contribution in [0.15, 0.2) is 65.8 Å². The summed E-state index contributed by atoms with van der Waals surface area (Å²) in [7, 11) is 0. The van der Waals surface area contributed by atoms with Crippen LogP contribution in [-0.4, -0.2) is 21.8 Å². The minimum Gasteiger partial charge on any atom is -0.443 e. The molecule has 1 amide bonds. The van der Waals surface area contributed by atoms with Crippen molar-refractivity contribution in [1.29, 1.82) is 0 Å². The van der Waals surface area contributed by atoms with E-state index in [9.17, 15) is 4.79 Å². The minimum absolute atomic E-state index is 0.165. The number of hydrogen-bond acceptors (Lipinski definition) is 4. The van der Waals surface area contributed by atoms with Gasteiger partial charge < -0.3 is 4.74 Å². The largest absolute Gasteiger partial charge is 0.443 e. The Hall–Kier alpha value is -3.21. The van der Waals surface area contributed by atoms with E-state index in [0.717, 1.165) is 27.7 Å². The maximum absolute atomic E-state index is 12.4. The predicted octanol–water partition coefficient (Wildman–Crippen LogP) is 4.53. The van der Waals surface area contributed by atoms with Crippen molar-refractivity contribution >= 4 is 22.7 Å². The van der Waals surface area contributed by atoms with Gasteiger partial charge in [0.05, 0.1) is 5.52 Å². The van der Waals surface area contributed by atoms with Gasteiger partial charge in [-0.05, 0) is 25.0 Å². The molecule has 3 aromatic rings. The van der Waals surface area contributed by atoms with Crippen molar-refractivity contribution in [3.05, 3.63) is 77.5 Å². The maximum Gasteiger partial charge on any atom is 0.243 e. The molecular formula is C23H21N3O2. The van der Waals surface area contributed by atoms with Gasteiger partial charge in [-0.3, -0.25) is 9.78 Å². The first kappa shape index (κ1) is 16.9. The second kappa shape index (κ2) is 6.16. The number of benzene rings is 2. The monoisotopic (exact) mass is 371 g/mol. The highest BCUT2D eigenvalue weighted by Crippen LogP contribution is 2.42. The maximum atomic E-state index is 12.4. The predicted molar refractivity (Wildman–Crippen MR) is 108 cm³/mol. The van der Waals surface area contributed by atoms with Crippen molar-refractivity contribution in [1.82, 2.24) is 9.99 Å². The van der Waals surface area contributed by atoms with Crippen molar-refractivity contribution in [2.75, 3.05) is 0 Å². The van der Waals surface area contributed by atoms with Crippen LogP contribution in [0.2, 0.25) is 0 Å². The van der Waals surface area contributed by atoms with Crippen LogP contribution in [0.4, 0.5) is 0 Å². The molecule has 5 heteroatoms. The van der Waals surface area contributed by atoms with E-state index in [0.29, 0.717) is 11.8 Å². The Balaban J connectivity index is 1.66. The van der Waals surface area contributed by atoms with Gasteiger partial charge in [0, 0.05) is 42.0 Å². The lowest BCUT2D eigenvalue weighted by molar-refractivity contribution is -0.146. The van der Waals surface area contributed by atoms with Crippen molar-refractivity contribution in [3.63, 3.8) is 0 Å². The Morgan fingerprint density at radius 3 is 2.54 bits per heavy atom. The highest BCUT2D eigenvalue weighted by molar-refractivity contribution is 6.07. The zero-order valence-electron chi connectivity index (χ0n) is 15.9. The van der Waals surface area contributed by atoms with Crippen LogP contribution in [0.25, 0.3) is 10.9 Å². The number of ether oxygens (including phenoxy) is 1. The molecule has 2 aromatic carbocycles. The summed E-state index contributed by atoms with van der Waals surface area (Å²) in [5.41, 5.74) is 2.79. The Kier molecular flexibility index (Phi) is 3.72. The molecule has 1 aromatic heterocycles. The van der Waals surface area contributed by atoms with Gasteiger partial charge >= 0.3 is 0 Å². The van der Waals surface area contributed by atoms with Crippen LogP contribution in [0.3, 0.4) is 0 Å². The van der Waals surface area contributed by atoms with E-state index in [1.54, 1.807) is 0 Å². The Morgan fingerprint density at radius 2 is 1.82 bits per heavy atom. The molecule has 0 bridgehead atoms. The van der Waals surface area contributed by atoms with E-state index in [-0.39, 0.29) is 5.91 Å². The molecule has 2 aliphatic rings. The summed E-state index contributed by atoms with van der Waals surface area (Å²) < 4.78 is 6.39. The molecule has 2 heterocycles. The first-order chi connectivity index (χ1) is 13.6. The van der Waals surface area contributed by atoms with E-state index in [1.807, 2.05) is 61.5 Å². The molecule has 0 radical (unpaired) electrons. The number of carbonyl (C=O) groups is 1. The summed E-state index contributed by atoms with van der Waals surface area (Å²) >= 11 is 0. The third-order valence-corrected chi connectivity index (χ3v) is 5.46. The van der Waals surface area contributed by atoms with Crippen LogP contribution >= 0.6 is 0 Å². The summed E-state index contributed by atoms with van der Waals surface area (Å²) in [6.07, 6.45) is 2.33. The fourth-order valence-electron chi connectivity index (χ4n) is 3.81. The van der Waals surface area contributed by atoms with E-state index < -0.39 is 5.72 Å². The van der Waals surface area contributed by atoms with Gasteiger partial charge in [0.2, 0.25) is 17.5 Å². The summed E-state index contributed by atoms with van der Waals surface area (Å²) in [5.74, 6) is 0.805. The van der Waals surface area contributed by atoms with Gasteiger partial charge in [-0.15, -0.1) is 5.10 Å². The molecule has 1 fully saturated rings. The van der Waals surface area contributed by atoms with Crippen molar-refractivity contribution < 1.29 is 9.53 Å².